The lowest BCUT2D eigenvalue weighted by Gasteiger charge is -2.29. The number of non-ortho nitro benzene ring substituents is 1. The first-order valence-electron chi connectivity index (χ1n) is 13.6. The molecule has 0 spiro atoms. The van der Waals surface area contributed by atoms with Crippen molar-refractivity contribution >= 4 is 44.3 Å². The summed E-state index contributed by atoms with van der Waals surface area (Å²) in [5.41, 5.74) is -2.01. The zero-order valence-electron chi connectivity index (χ0n) is 23.0. The number of hydrogen-bond donors (Lipinski definition) is 2. The van der Waals surface area contributed by atoms with Gasteiger partial charge in [0.05, 0.1) is 23.0 Å². The van der Waals surface area contributed by atoms with Crippen LogP contribution in [0.1, 0.15) is 29.7 Å². The summed E-state index contributed by atoms with van der Waals surface area (Å²) >= 11 is 1.32. The number of thioether (sulfide) groups is 1. The van der Waals surface area contributed by atoms with Gasteiger partial charge in [0.1, 0.15) is 0 Å². The molecule has 43 heavy (non-hydrogen) atoms. The number of alkyl halides is 3. The Hall–Kier alpha value is -4.35. The molecule has 5 aromatic rings. The molecule has 11 heteroatoms. The van der Waals surface area contributed by atoms with Gasteiger partial charge in [-0.15, -0.1) is 0 Å². The summed E-state index contributed by atoms with van der Waals surface area (Å²) in [7, 11) is 0. The highest BCUT2D eigenvalue weighted by atomic mass is 32.2. The summed E-state index contributed by atoms with van der Waals surface area (Å²) in [4.78, 5) is 15.2. The molecule has 1 aliphatic rings. The van der Waals surface area contributed by atoms with E-state index in [2.05, 4.69) is 10.3 Å². The number of amidine groups is 1. The number of nitrogens with zero attached hydrogens (tertiary/aromatic N) is 3. The summed E-state index contributed by atoms with van der Waals surface area (Å²) in [6.45, 7) is 1.15. The van der Waals surface area contributed by atoms with E-state index in [9.17, 15) is 28.4 Å². The van der Waals surface area contributed by atoms with Crippen molar-refractivity contribution in [3.05, 3.63) is 124 Å². The first-order valence-corrected chi connectivity index (χ1v) is 14.5. The number of nitro groups is 1. The van der Waals surface area contributed by atoms with Crippen molar-refractivity contribution in [1.82, 2.24) is 9.88 Å². The summed E-state index contributed by atoms with van der Waals surface area (Å²) in [6.07, 6.45) is -3.86. The minimum Gasteiger partial charge on any atom is -0.375 e. The van der Waals surface area contributed by atoms with Crippen LogP contribution in [0.25, 0.3) is 21.7 Å². The number of hydrogen-bond acceptors (Lipinski definition) is 5. The van der Waals surface area contributed by atoms with Crippen LogP contribution in [-0.4, -0.2) is 37.7 Å². The van der Waals surface area contributed by atoms with Gasteiger partial charge in [-0.2, -0.15) is 13.2 Å². The van der Waals surface area contributed by atoms with Gasteiger partial charge in [-0.25, -0.2) is 0 Å². The lowest BCUT2D eigenvalue weighted by atomic mass is 9.92. The van der Waals surface area contributed by atoms with Gasteiger partial charge >= 0.3 is 6.18 Å². The molecule has 6 rings (SSSR count). The molecule has 1 fully saturated rings. The molecule has 220 valence electrons. The van der Waals surface area contributed by atoms with E-state index in [-0.39, 0.29) is 34.4 Å². The fraction of sp³-hybridized carbons (Fsp3) is 0.219. The number of fused-ring (bicyclic) bond motifs is 2. The van der Waals surface area contributed by atoms with E-state index in [0.717, 1.165) is 28.0 Å². The monoisotopic (exact) mass is 604 g/mol. The second kappa shape index (κ2) is 11.1. The highest BCUT2D eigenvalue weighted by molar-refractivity contribution is 8.14. The van der Waals surface area contributed by atoms with Crippen LogP contribution in [-0.2, 0) is 12.1 Å². The Labute approximate surface area is 249 Å². The predicted octanol–water partition coefficient (Wildman–Crippen LogP) is 7.32. The van der Waals surface area contributed by atoms with Crippen molar-refractivity contribution in [2.24, 2.45) is 4.99 Å². The Bertz CT molecular complexity index is 1850. The van der Waals surface area contributed by atoms with Crippen LogP contribution < -0.4 is 5.32 Å². The molecular formula is C32H27F3N4O3S. The second-order valence-corrected chi connectivity index (χ2v) is 12.0. The van der Waals surface area contributed by atoms with Gasteiger partial charge in [0.2, 0.25) is 5.60 Å². The van der Waals surface area contributed by atoms with Gasteiger partial charge in [-0.1, -0.05) is 91.5 Å². The number of nitro benzene ring substituents is 1. The van der Waals surface area contributed by atoms with Crippen LogP contribution in [0.4, 0.5) is 18.9 Å². The third-order valence-electron chi connectivity index (χ3n) is 7.84. The molecule has 0 saturated carbocycles. The Kier molecular flexibility index (Phi) is 7.39. The first kappa shape index (κ1) is 28.8. The van der Waals surface area contributed by atoms with Crippen molar-refractivity contribution in [3.8, 4) is 0 Å². The first-order chi connectivity index (χ1) is 20.5. The van der Waals surface area contributed by atoms with Gasteiger partial charge in [0, 0.05) is 41.1 Å². The average Bonchev–Trinajstić information content (AvgIpc) is 3.55. The molecule has 0 aliphatic carbocycles. The topological polar surface area (TPSA) is 92.7 Å². The van der Waals surface area contributed by atoms with Gasteiger partial charge in [-0.05, 0) is 28.0 Å². The molecule has 0 bridgehead atoms. The minimum atomic E-state index is -5.09. The number of aliphatic imine (C=N–C) groups is 1. The predicted molar refractivity (Wildman–Crippen MR) is 163 cm³/mol. The lowest BCUT2D eigenvalue weighted by Crippen LogP contribution is -2.45. The minimum absolute atomic E-state index is 0.0307. The molecule has 1 aromatic heterocycles. The molecule has 1 aliphatic heterocycles. The van der Waals surface area contributed by atoms with Crippen molar-refractivity contribution in [2.75, 3.05) is 6.54 Å². The fourth-order valence-corrected chi connectivity index (χ4v) is 6.65. The Morgan fingerprint density at radius 3 is 2.47 bits per heavy atom. The van der Waals surface area contributed by atoms with Gasteiger partial charge in [0.15, 0.2) is 5.17 Å². The average molecular weight is 605 g/mol. The number of benzene rings is 4. The zero-order valence-corrected chi connectivity index (χ0v) is 23.8. The molecule has 2 heterocycles. The molecule has 7 nitrogen and oxygen atoms in total. The third-order valence-corrected chi connectivity index (χ3v) is 8.96. The van der Waals surface area contributed by atoms with E-state index in [0.29, 0.717) is 5.17 Å². The van der Waals surface area contributed by atoms with Gasteiger partial charge < -0.3 is 15.0 Å². The molecule has 0 amide bonds. The maximum atomic E-state index is 14.8. The summed E-state index contributed by atoms with van der Waals surface area (Å²) < 4.78 is 45.8. The lowest BCUT2D eigenvalue weighted by molar-refractivity contribution is -0.384. The molecule has 4 aromatic carbocycles. The summed E-state index contributed by atoms with van der Waals surface area (Å²) in [5, 5.41) is 28.6. The summed E-state index contributed by atoms with van der Waals surface area (Å²) in [6, 6.07) is 26.3. The van der Waals surface area contributed by atoms with Crippen LogP contribution in [0.5, 0.6) is 0 Å². The maximum Gasteiger partial charge on any atom is 0.423 e. The van der Waals surface area contributed by atoms with Crippen LogP contribution in [0, 0.1) is 10.1 Å². The van der Waals surface area contributed by atoms with Gasteiger partial charge in [-0.3, -0.25) is 15.1 Å². The standard InChI is InChI=1S/C32H27F3N4O3S/c1-20-29(25-13-7-11-22-10-5-6-12-24(22)25)37-30(43-20)36-19-31(40,32(33,34)35)27-18-38(17-21-8-3-2-4-9-21)28-16-23(39(41)42)14-15-26(27)28/h2-16,18,20,29,40H,17,19H2,1H3,(H,36,37). The molecular weight excluding hydrogens is 577 g/mol. The maximum absolute atomic E-state index is 14.8. The van der Waals surface area contributed by atoms with E-state index >= 15 is 0 Å². The van der Waals surface area contributed by atoms with Crippen molar-refractivity contribution in [1.29, 1.82) is 0 Å². The fourth-order valence-electron chi connectivity index (χ4n) is 5.61. The van der Waals surface area contributed by atoms with E-state index < -0.39 is 28.8 Å². The van der Waals surface area contributed by atoms with Crippen molar-refractivity contribution < 1.29 is 23.2 Å². The molecule has 3 unspecified atom stereocenters. The van der Waals surface area contributed by atoms with Crippen LogP contribution >= 0.6 is 11.8 Å². The molecule has 1 saturated heterocycles. The van der Waals surface area contributed by atoms with E-state index in [1.165, 1.54) is 34.7 Å². The highest BCUT2D eigenvalue weighted by Crippen LogP contribution is 2.44. The molecule has 0 radical (unpaired) electrons. The Morgan fingerprint density at radius 1 is 1.00 bits per heavy atom. The SMILES string of the molecule is CC1SC(=NCC(O)(c2cn(Cc3ccccc3)c3cc([N+](=O)[O-])ccc23)C(F)(F)F)NC1c1cccc2ccccc12. The van der Waals surface area contributed by atoms with E-state index in [1.807, 2.05) is 55.5 Å². The van der Waals surface area contributed by atoms with Crippen molar-refractivity contribution in [2.45, 2.75) is 36.5 Å². The number of halogens is 3. The largest absolute Gasteiger partial charge is 0.423 e. The Balaban J connectivity index is 1.38. The Morgan fingerprint density at radius 2 is 1.72 bits per heavy atom. The summed E-state index contributed by atoms with van der Waals surface area (Å²) in [5.74, 6) is 0. The quantitative estimate of drug-likeness (QED) is 0.150. The van der Waals surface area contributed by atoms with E-state index in [1.54, 1.807) is 24.3 Å². The number of aliphatic hydroxyl groups is 1. The normalized spacial score (nSPS) is 19.5. The van der Waals surface area contributed by atoms with Crippen LogP contribution in [0.15, 0.2) is 102 Å². The third kappa shape index (κ3) is 5.34. The number of aromatic nitrogens is 1. The van der Waals surface area contributed by atoms with Crippen LogP contribution in [0.3, 0.4) is 0 Å². The zero-order chi connectivity index (χ0) is 30.4. The smallest absolute Gasteiger partial charge is 0.375 e. The molecule has 2 N–H and O–H groups in total. The highest BCUT2D eigenvalue weighted by Gasteiger charge is 2.56. The molecule has 3 atom stereocenters. The van der Waals surface area contributed by atoms with Crippen LogP contribution in [0.2, 0.25) is 0 Å². The van der Waals surface area contributed by atoms with Gasteiger partial charge in [0.25, 0.3) is 5.69 Å². The number of rotatable bonds is 7. The van der Waals surface area contributed by atoms with E-state index in [4.69, 9.17) is 0 Å². The van der Waals surface area contributed by atoms with Crippen molar-refractivity contribution in [3.63, 3.8) is 0 Å². The second-order valence-electron chi connectivity index (χ2n) is 10.6. The number of nitrogens with one attached hydrogen (secondary N) is 1.